The number of nitrogens with zero attached hydrogens (tertiary/aromatic N) is 2. The number of aryl methyl sites for hydroxylation is 1. The van der Waals surface area contributed by atoms with Gasteiger partial charge < -0.3 is 9.84 Å². The lowest BCUT2D eigenvalue weighted by Crippen LogP contribution is -2.15. The summed E-state index contributed by atoms with van der Waals surface area (Å²) in [6.45, 7) is 5.47. The molecule has 5 heteroatoms. The van der Waals surface area contributed by atoms with Crippen LogP contribution in [0.5, 0.6) is 0 Å². The highest BCUT2D eigenvalue weighted by Gasteiger charge is 2.22. The second-order valence-electron chi connectivity index (χ2n) is 4.61. The Morgan fingerprint density at radius 3 is 3.00 bits per heavy atom. The van der Waals surface area contributed by atoms with E-state index in [2.05, 4.69) is 18.9 Å². The third-order valence-electron chi connectivity index (χ3n) is 3.00. The molecule has 17 heavy (non-hydrogen) atoms. The lowest BCUT2D eigenvalue weighted by atomic mass is 10.1. The second kappa shape index (κ2) is 4.87. The molecule has 1 aromatic rings. The summed E-state index contributed by atoms with van der Waals surface area (Å²) < 4.78 is 7.44. The summed E-state index contributed by atoms with van der Waals surface area (Å²) in [7, 11) is 0. The number of aliphatic carboxylic acids is 1. The summed E-state index contributed by atoms with van der Waals surface area (Å²) in [5.41, 5.74) is 3.20. The molecule has 1 aromatic heterocycles. The Bertz CT molecular complexity index is 424. The highest BCUT2D eigenvalue weighted by molar-refractivity contribution is 5.67. The van der Waals surface area contributed by atoms with E-state index in [9.17, 15) is 4.79 Å². The van der Waals surface area contributed by atoms with Crippen LogP contribution in [0.1, 0.15) is 43.3 Å². The number of carboxylic acids is 1. The molecule has 1 aliphatic heterocycles. The van der Waals surface area contributed by atoms with Gasteiger partial charge in [0.1, 0.15) is 0 Å². The number of carbonyl (C=O) groups is 1. The molecule has 0 unspecified atom stereocenters. The summed E-state index contributed by atoms with van der Waals surface area (Å²) in [5.74, 6) is -0.783. The number of fused-ring (bicyclic) bond motifs is 1. The van der Waals surface area contributed by atoms with Gasteiger partial charge in [0.25, 0.3) is 0 Å². The third kappa shape index (κ3) is 2.49. The van der Waals surface area contributed by atoms with Crippen molar-refractivity contribution in [2.45, 2.75) is 45.8 Å². The third-order valence-corrected chi connectivity index (χ3v) is 3.00. The van der Waals surface area contributed by atoms with Gasteiger partial charge in [-0.2, -0.15) is 5.10 Å². The Hall–Kier alpha value is -1.36. The van der Waals surface area contributed by atoms with Crippen LogP contribution in [0.15, 0.2) is 0 Å². The van der Waals surface area contributed by atoms with Crippen molar-refractivity contribution in [3.8, 4) is 0 Å². The molecule has 0 saturated carbocycles. The molecule has 5 nitrogen and oxygen atoms in total. The minimum Gasteiger partial charge on any atom is -0.481 e. The molecular formula is C12H18N2O3. The molecule has 0 amide bonds. The van der Waals surface area contributed by atoms with Crippen LogP contribution in [0.4, 0.5) is 0 Å². The molecular weight excluding hydrogens is 220 g/mol. The molecule has 0 radical (unpaired) electrons. The van der Waals surface area contributed by atoms with Crippen molar-refractivity contribution in [2.24, 2.45) is 0 Å². The van der Waals surface area contributed by atoms with Gasteiger partial charge in [0.05, 0.1) is 25.3 Å². The van der Waals surface area contributed by atoms with Gasteiger partial charge >= 0.3 is 5.97 Å². The van der Waals surface area contributed by atoms with Gasteiger partial charge in [-0.1, -0.05) is 0 Å². The predicted octanol–water partition coefficient (Wildman–Crippen LogP) is 1.55. The monoisotopic (exact) mass is 238 g/mol. The van der Waals surface area contributed by atoms with E-state index in [0.717, 1.165) is 24.3 Å². The first-order valence-corrected chi connectivity index (χ1v) is 5.98. The highest BCUT2D eigenvalue weighted by Crippen LogP contribution is 2.24. The van der Waals surface area contributed by atoms with Crippen LogP contribution in [0, 0.1) is 0 Å². The van der Waals surface area contributed by atoms with Crippen LogP contribution >= 0.6 is 0 Å². The van der Waals surface area contributed by atoms with Gasteiger partial charge in [0.15, 0.2) is 0 Å². The van der Waals surface area contributed by atoms with Gasteiger partial charge in [-0.05, 0) is 13.8 Å². The topological polar surface area (TPSA) is 64.4 Å². The largest absolute Gasteiger partial charge is 0.481 e. The van der Waals surface area contributed by atoms with E-state index in [4.69, 9.17) is 9.84 Å². The summed E-state index contributed by atoms with van der Waals surface area (Å²) in [6.07, 6.45) is 1.48. The zero-order valence-electron chi connectivity index (χ0n) is 10.3. The Labute approximate surface area is 100 Å². The minimum absolute atomic E-state index is 0.127. The van der Waals surface area contributed by atoms with Crippen LogP contribution in [-0.4, -0.2) is 27.5 Å². The molecule has 1 N–H and O–H groups in total. The standard InChI is InChI=1S/C12H18N2O3/c1-8(2)14-11-5-6-17-7-9(11)10(13-14)3-4-12(15)16/h8H,3-7H2,1-2H3,(H,15,16). The Kier molecular flexibility index (Phi) is 3.47. The zero-order chi connectivity index (χ0) is 12.4. The molecule has 2 heterocycles. The normalized spacial score (nSPS) is 15.0. The Morgan fingerprint density at radius 1 is 1.59 bits per heavy atom. The van der Waals surface area contributed by atoms with E-state index in [0.29, 0.717) is 19.1 Å². The summed E-state index contributed by atoms with van der Waals surface area (Å²) in [6, 6.07) is 0.306. The van der Waals surface area contributed by atoms with E-state index in [1.165, 1.54) is 5.69 Å². The Morgan fingerprint density at radius 2 is 2.35 bits per heavy atom. The quantitative estimate of drug-likeness (QED) is 0.864. The molecule has 0 atom stereocenters. The van der Waals surface area contributed by atoms with Gasteiger partial charge in [-0.3, -0.25) is 9.48 Å². The average Bonchev–Trinajstić information content (AvgIpc) is 2.65. The fraction of sp³-hybridized carbons (Fsp3) is 0.667. The van der Waals surface area contributed by atoms with Gasteiger partial charge in [0.2, 0.25) is 0 Å². The number of carboxylic acid groups (broad SMARTS) is 1. The van der Waals surface area contributed by atoms with Crippen molar-refractivity contribution < 1.29 is 14.6 Å². The highest BCUT2D eigenvalue weighted by atomic mass is 16.5. The molecule has 0 bridgehead atoms. The smallest absolute Gasteiger partial charge is 0.303 e. The van der Waals surface area contributed by atoms with Gasteiger partial charge in [-0.15, -0.1) is 0 Å². The summed E-state index contributed by atoms with van der Waals surface area (Å²) >= 11 is 0. The van der Waals surface area contributed by atoms with Crippen molar-refractivity contribution in [3.63, 3.8) is 0 Å². The van der Waals surface area contributed by atoms with E-state index in [1.54, 1.807) is 0 Å². The molecule has 0 aliphatic carbocycles. The van der Waals surface area contributed by atoms with Crippen molar-refractivity contribution in [1.29, 1.82) is 0 Å². The molecule has 0 saturated heterocycles. The fourth-order valence-corrected chi connectivity index (χ4v) is 2.18. The van der Waals surface area contributed by atoms with E-state index in [1.807, 2.05) is 4.68 Å². The number of aromatic nitrogens is 2. The minimum atomic E-state index is -0.783. The molecule has 0 fully saturated rings. The summed E-state index contributed by atoms with van der Waals surface area (Å²) in [4.78, 5) is 10.6. The number of ether oxygens (including phenoxy) is 1. The van der Waals surface area contributed by atoms with E-state index in [-0.39, 0.29) is 6.42 Å². The van der Waals surface area contributed by atoms with Crippen LogP contribution in [-0.2, 0) is 29.0 Å². The van der Waals surface area contributed by atoms with Crippen molar-refractivity contribution in [3.05, 3.63) is 17.0 Å². The maximum absolute atomic E-state index is 10.6. The molecule has 2 rings (SSSR count). The van der Waals surface area contributed by atoms with Crippen molar-refractivity contribution in [1.82, 2.24) is 9.78 Å². The molecule has 0 spiro atoms. The number of hydrogen-bond donors (Lipinski definition) is 1. The van der Waals surface area contributed by atoms with E-state index >= 15 is 0 Å². The van der Waals surface area contributed by atoms with Crippen molar-refractivity contribution in [2.75, 3.05) is 6.61 Å². The lowest BCUT2D eigenvalue weighted by molar-refractivity contribution is -0.136. The number of hydrogen-bond acceptors (Lipinski definition) is 3. The Balaban J connectivity index is 2.29. The first kappa shape index (κ1) is 12.1. The number of rotatable bonds is 4. The maximum Gasteiger partial charge on any atom is 0.303 e. The molecule has 0 aromatic carbocycles. The van der Waals surface area contributed by atoms with Crippen LogP contribution in [0.25, 0.3) is 0 Å². The summed E-state index contributed by atoms with van der Waals surface area (Å²) in [5, 5.41) is 13.3. The first-order chi connectivity index (χ1) is 8.09. The van der Waals surface area contributed by atoms with Gasteiger partial charge in [0, 0.05) is 30.1 Å². The maximum atomic E-state index is 10.6. The van der Waals surface area contributed by atoms with Crippen LogP contribution in [0.2, 0.25) is 0 Å². The van der Waals surface area contributed by atoms with Crippen molar-refractivity contribution >= 4 is 5.97 Å². The zero-order valence-corrected chi connectivity index (χ0v) is 10.3. The first-order valence-electron chi connectivity index (χ1n) is 5.98. The van der Waals surface area contributed by atoms with Crippen LogP contribution < -0.4 is 0 Å². The fourth-order valence-electron chi connectivity index (χ4n) is 2.18. The lowest BCUT2D eigenvalue weighted by Gasteiger charge is -2.16. The predicted molar refractivity (Wildman–Crippen MR) is 61.9 cm³/mol. The van der Waals surface area contributed by atoms with Crippen LogP contribution in [0.3, 0.4) is 0 Å². The SMILES string of the molecule is CC(C)n1nc(CCC(=O)O)c2c1CCOC2. The average molecular weight is 238 g/mol. The van der Waals surface area contributed by atoms with Gasteiger partial charge in [-0.25, -0.2) is 0 Å². The van der Waals surface area contributed by atoms with E-state index < -0.39 is 5.97 Å². The second-order valence-corrected chi connectivity index (χ2v) is 4.61. The molecule has 1 aliphatic rings. The molecule has 94 valence electrons.